The molecule has 0 atom stereocenters. The van der Waals surface area contributed by atoms with Crippen molar-refractivity contribution in [1.82, 2.24) is 0 Å². The van der Waals surface area contributed by atoms with E-state index < -0.39 is 17.7 Å². The molecule has 0 heterocycles. The molecular formula is C15H15NO5. The lowest BCUT2D eigenvalue weighted by Crippen LogP contribution is -2.11. The van der Waals surface area contributed by atoms with Crippen molar-refractivity contribution in [2.45, 2.75) is 13.8 Å². The summed E-state index contributed by atoms with van der Waals surface area (Å²) in [6.45, 7) is 3.87. The van der Waals surface area contributed by atoms with Crippen molar-refractivity contribution >= 4 is 18.0 Å². The number of ether oxygens (including phenoxy) is 1. The number of esters is 1. The molecule has 6 heteroatoms. The van der Waals surface area contributed by atoms with E-state index in [9.17, 15) is 14.7 Å². The summed E-state index contributed by atoms with van der Waals surface area (Å²) in [7, 11) is 0. The second-order valence-electron chi connectivity index (χ2n) is 4.71. The van der Waals surface area contributed by atoms with Crippen molar-refractivity contribution in [1.29, 1.82) is 5.26 Å². The molecule has 0 spiro atoms. The van der Waals surface area contributed by atoms with Gasteiger partial charge in [-0.05, 0) is 18.1 Å². The Morgan fingerprint density at radius 3 is 2.62 bits per heavy atom. The Kier molecular flexibility index (Phi) is 5.49. The molecule has 0 fully saturated rings. The molecule has 0 aliphatic rings. The van der Waals surface area contributed by atoms with Gasteiger partial charge in [0, 0.05) is 5.56 Å². The minimum absolute atomic E-state index is 0.0629. The van der Waals surface area contributed by atoms with Gasteiger partial charge in [0.05, 0.1) is 6.61 Å². The number of carbonyl (C=O) groups excluding carboxylic acids is 1. The van der Waals surface area contributed by atoms with Gasteiger partial charge in [0.15, 0.2) is 0 Å². The number of carbonyl (C=O) groups is 2. The highest BCUT2D eigenvalue weighted by Gasteiger charge is 2.15. The monoisotopic (exact) mass is 289 g/mol. The Balaban J connectivity index is 3.10. The fraction of sp³-hybridized carbons (Fsp3) is 0.267. The van der Waals surface area contributed by atoms with E-state index in [4.69, 9.17) is 15.1 Å². The van der Waals surface area contributed by atoms with Crippen molar-refractivity contribution in [3.63, 3.8) is 0 Å². The number of aromatic carboxylic acids is 1. The molecule has 6 nitrogen and oxygen atoms in total. The number of nitriles is 1. The van der Waals surface area contributed by atoms with Gasteiger partial charge in [-0.3, -0.25) is 0 Å². The van der Waals surface area contributed by atoms with Crippen LogP contribution in [0.15, 0.2) is 23.8 Å². The maximum Gasteiger partial charge on any atom is 0.348 e. The first-order valence-electron chi connectivity index (χ1n) is 6.21. The topological polar surface area (TPSA) is 108 Å². The van der Waals surface area contributed by atoms with E-state index in [0.29, 0.717) is 0 Å². The molecule has 1 rings (SSSR count). The average Bonchev–Trinajstić information content (AvgIpc) is 2.43. The molecule has 0 aromatic heterocycles. The Morgan fingerprint density at radius 1 is 1.43 bits per heavy atom. The number of rotatable bonds is 5. The van der Waals surface area contributed by atoms with Crippen molar-refractivity contribution in [3.05, 3.63) is 34.9 Å². The van der Waals surface area contributed by atoms with Gasteiger partial charge in [-0.1, -0.05) is 26.0 Å². The summed E-state index contributed by atoms with van der Waals surface area (Å²) < 4.78 is 4.92. The molecule has 110 valence electrons. The number of carboxylic acids is 1. The third kappa shape index (κ3) is 4.35. The van der Waals surface area contributed by atoms with Gasteiger partial charge in [0.2, 0.25) is 0 Å². The number of aromatic hydroxyl groups is 1. The first-order valence-corrected chi connectivity index (χ1v) is 6.21. The van der Waals surface area contributed by atoms with E-state index >= 15 is 0 Å². The zero-order valence-corrected chi connectivity index (χ0v) is 11.7. The first kappa shape index (κ1) is 16.2. The van der Waals surface area contributed by atoms with E-state index in [0.717, 1.165) is 6.08 Å². The Hall–Kier alpha value is -2.81. The van der Waals surface area contributed by atoms with Crippen LogP contribution in [0.3, 0.4) is 0 Å². The summed E-state index contributed by atoms with van der Waals surface area (Å²) in [4.78, 5) is 22.6. The number of benzene rings is 1. The van der Waals surface area contributed by atoms with Crippen LogP contribution in [0.4, 0.5) is 0 Å². The van der Waals surface area contributed by atoms with Crippen molar-refractivity contribution in [3.8, 4) is 11.8 Å². The number of nitrogens with zero attached hydrogens (tertiary/aromatic N) is 1. The Morgan fingerprint density at radius 2 is 2.10 bits per heavy atom. The highest BCUT2D eigenvalue weighted by molar-refractivity contribution is 5.99. The van der Waals surface area contributed by atoms with E-state index in [-0.39, 0.29) is 29.2 Å². The second kappa shape index (κ2) is 7.10. The van der Waals surface area contributed by atoms with Gasteiger partial charge in [0.1, 0.15) is 23.0 Å². The molecule has 0 unspecified atom stereocenters. The zero-order valence-electron chi connectivity index (χ0n) is 11.7. The second-order valence-corrected chi connectivity index (χ2v) is 4.71. The normalized spacial score (nSPS) is 11.0. The van der Waals surface area contributed by atoms with E-state index in [1.165, 1.54) is 18.2 Å². The van der Waals surface area contributed by atoms with E-state index in [1.54, 1.807) is 6.07 Å². The maximum absolute atomic E-state index is 11.7. The lowest BCUT2D eigenvalue weighted by Gasteiger charge is -2.07. The molecule has 0 aliphatic heterocycles. The predicted octanol–water partition coefficient (Wildman–Crippen LogP) is 2.20. The Bertz CT molecular complexity index is 625. The fourth-order valence-corrected chi connectivity index (χ4v) is 1.46. The zero-order chi connectivity index (χ0) is 16.0. The van der Waals surface area contributed by atoms with Crippen molar-refractivity contribution < 1.29 is 24.5 Å². The Labute approximate surface area is 121 Å². The fourth-order valence-electron chi connectivity index (χ4n) is 1.46. The molecule has 1 aromatic rings. The number of hydrogen-bond acceptors (Lipinski definition) is 5. The van der Waals surface area contributed by atoms with Gasteiger partial charge < -0.3 is 14.9 Å². The van der Waals surface area contributed by atoms with Crippen LogP contribution >= 0.6 is 0 Å². The van der Waals surface area contributed by atoms with Crippen LogP contribution in [0.25, 0.3) is 6.08 Å². The van der Waals surface area contributed by atoms with Gasteiger partial charge in [-0.2, -0.15) is 5.26 Å². The lowest BCUT2D eigenvalue weighted by atomic mass is 10.1. The van der Waals surface area contributed by atoms with Crippen LogP contribution in [0.2, 0.25) is 0 Å². The maximum atomic E-state index is 11.7. The van der Waals surface area contributed by atoms with Gasteiger partial charge in [-0.25, -0.2) is 9.59 Å². The quantitative estimate of drug-likeness (QED) is 0.488. The highest BCUT2D eigenvalue weighted by Crippen LogP contribution is 2.25. The van der Waals surface area contributed by atoms with Crippen LogP contribution in [0.5, 0.6) is 5.75 Å². The largest absolute Gasteiger partial charge is 0.506 e. The predicted molar refractivity (Wildman–Crippen MR) is 74.5 cm³/mol. The summed E-state index contributed by atoms with van der Waals surface area (Å²) in [5.74, 6) is -2.50. The smallest absolute Gasteiger partial charge is 0.348 e. The minimum Gasteiger partial charge on any atom is -0.506 e. The molecule has 0 bridgehead atoms. The van der Waals surface area contributed by atoms with Crippen LogP contribution in [0, 0.1) is 17.2 Å². The summed E-state index contributed by atoms with van der Waals surface area (Å²) in [6, 6.07) is 5.70. The third-order valence-electron chi connectivity index (χ3n) is 2.49. The van der Waals surface area contributed by atoms with Crippen LogP contribution < -0.4 is 0 Å². The molecule has 1 aromatic carbocycles. The molecule has 0 aliphatic carbocycles. The van der Waals surface area contributed by atoms with Gasteiger partial charge in [-0.15, -0.1) is 0 Å². The molecule has 2 N–H and O–H groups in total. The molecule has 0 radical (unpaired) electrons. The minimum atomic E-state index is -1.30. The summed E-state index contributed by atoms with van der Waals surface area (Å²) in [5, 5.41) is 27.7. The number of para-hydroxylation sites is 1. The number of hydrogen-bond donors (Lipinski definition) is 2. The molecule has 0 saturated heterocycles. The number of carboxylic acid groups (broad SMARTS) is 1. The molecular weight excluding hydrogens is 274 g/mol. The van der Waals surface area contributed by atoms with E-state index in [1.807, 2.05) is 13.8 Å². The third-order valence-corrected chi connectivity index (χ3v) is 2.49. The molecule has 0 saturated carbocycles. The van der Waals surface area contributed by atoms with Crippen LogP contribution in [0.1, 0.15) is 29.8 Å². The SMILES string of the molecule is CC(C)COC(=O)C(C#N)=Cc1cccc(C(=O)O)c1O. The van der Waals surface area contributed by atoms with Crippen molar-refractivity contribution in [2.75, 3.05) is 6.61 Å². The van der Waals surface area contributed by atoms with Gasteiger partial charge in [0.25, 0.3) is 0 Å². The summed E-state index contributed by atoms with van der Waals surface area (Å²) >= 11 is 0. The lowest BCUT2D eigenvalue weighted by molar-refractivity contribution is -0.139. The molecule has 21 heavy (non-hydrogen) atoms. The summed E-state index contributed by atoms with van der Waals surface area (Å²) in [6.07, 6.45) is 1.10. The first-order chi connectivity index (χ1) is 9.86. The number of phenols is 1. The van der Waals surface area contributed by atoms with E-state index in [2.05, 4.69) is 0 Å². The molecule has 0 amide bonds. The van der Waals surface area contributed by atoms with Crippen LogP contribution in [-0.2, 0) is 9.53 Å². The van der Waals surface area contributed by atoms with Crippen molar-refractivity contribution in [2.24, 2.45) is 5.92 Å². The highest BCUT2D eigenvalue weighted by atomic mass is 16.5. The standard InChI is InChI=1S/C15H15NO5/c1-9(2)8-21-15(20)11(7-16)6-10-4-3-5-12(13(10)17)14(18)19/h3-6,9,17H,8H2,1-2H3,(H,18,19). The average molecular weight is 289 g/mol. The summed E-state index contributed by atoms with van der Waals surface area (Å²) in [5.41, 5.74) is -0.557. The van der Waals surface area contributed by atoms with Crippen LogP contribution in [-0.4, -0.2) is 28.8 Å². The van der Waals surface area contributed by atoms with Gasteiger partial charge >= 0.3 is 11.9 Å².